The van der Waals surface area contributed by atoms with Crippen LogP contribution in [0.5, 0.6) is 0 Å². The van der Waals surface area contributed by atoms with Gasteiger partial charge in [-0.2, -0.15) is 0 Å². The van der Waals surface area contributed by atoms with E-state index in [-0.39, 0.29) is 30.1 Å². The highest BCUT2D eigenvalue weighted by atomic mass is 32.2. The SMILES string of the molecule is CC(C)S(=O)(=O)NC1CCC(C(=O)Nc2cnc(N3C[C@@H](C)O[C@@H](C)C3)cn2)CC1. The van der Waals surface area contributed by atoms with Gasteiger partial charge < -0.3 is 15.0 Å². The maximum Gasteiger partial charge on any atom is 0.228 e. The van der Waals surface area contributed by atoms with Crippen LogP contribution in [0.1, 0.15) is 53.4 Å². The van der Waals surface area contributed by atoms with Gasteiger partial charge in [0.2, 0.25) is 15.9 Å². The summed E-state index contributed by atoms with van der Waals surface area (Å²) in [5, 5.41) is 2.39. The van der Waals surface area contributed by atoms with Gasteiger partial charge in [0.1, 0.15) is 5.82 Å². The summed E-state index contributed by atoms with van der Waals surface area (Å²) >= 11 is 0. The Morgan fingerprint density at radius 1 is 1.10 bits per heavy atom. The molecule has 2 fully saturated rings. The van der Waals surface area contributed by atoms with Crippen molar-refractivity contribution in [2.24, 2.45) is 5.92 Å². The Balaban J connectivity index is 1.50. The molecule has 1 aliphatic carbocycles. The minimum atomic E-state index is -3.29. The van der Waals surface area contributed by atoms with E-state index in [0.717, 1.165) is 18.9 Å². The third-order valence-corrected chi connectivity index (χ3v) is 7.59. The highest BCUT2D eigenvalue weighted by molar-refractivity contribution is 7.90. The van der Waals surface area contributed by atoms with Gasteiger partial charge in [-0.1, -0.05) is 0 Å². The number of hydrogen-bond donors (Lipinski definition) is 2. The van der Waals surface area contributed by atoms with Crippen molar-refractivity contribution < 1.29 is 17.9 Å². The molecular weight excluding hydrogens is 406 g/mol. The zero-order chi connectivity index (χ0) is 21.9. The van der Waals surface area contributed by atoms with Crippen LogP contribution >= 0.6 is 0 Å². The highest BCUT2D eigenvalue weighted by Crippen LogP contribution is 2.26. The third kappa shape index (κ3) is 5.89. The number of nitrogens with one attached hydrogen (secondary N) is 2. The van der Waals surface area contributed by atoms with Gasteiger partial charge in [0.25, 0.3) is 0 Å². The van der Waals surface area contributed by atoms with Gasteiger partial charge in [0.15, 0.2) is 5.82 Å². The molecular formula is C20H33N5O4S. The average Bonchev–Trinajstić information content (AvgIpc) is 2.68. The predicted octanol–water partition coefficient (Wildman–Crippen LogP) is 1.92. The molecule has 168 valence electrons. The molecule has 1 aromatic heterocycles. The number of rotatable bonds is 6. The third-order valence-electron chi connectivity index (χ3n) is 5.68. The Kier molecular flexibility index (Phi) is 7.30. The molecule has 0 radical (unpaired) electrons. The fourth-order valence-corrected chi connectivity index (χ4v) is 4.96. The van der Waals surface area contributed by atoms with Crippen LogP contribution in [0.2, 0.25) is 0 Å². The molecule has 9 nitrogen and oxygen atoms in total. The highest BCUT2D eigenvalue weighted by Gasteiger charge is 2.30. The number of ether oxygens (including phenoxy) is 1. The van der Waals surface area contributed by atoms with E-state index in [0.29, 0.717) is 31.5 Å². The second-order valence-electron chi connectivity index (χ2n) is 8.67. The summed E-state index contributed by atoms with van der Waals surface area (Å²) in [5.74, 6) is 0.969. The lowest BCUT2D eigenvalue weighted by atomic mass is 9.86. The van der Waals surface area contributed by atoms with Crippen LogP contribution in [0.25, 0.3) is 0 Å². The Bertz CT molecular complexity index is 812. The average molecular weight is 440 g/mol. The Morgan fingerprint density at radius 2 is 1.73 bits per heavy atom. The van der Waals surface area contributed by atoms with E-state index in [1.807, 2.05) is 13.8 Å². The Labute approximate surface area is 179 Å². The number of sulfonamides is 1. The minimum absolute atomic E-state index is 0.0872. The van der Waals surface area contributed by atoms with Gasteiger partial charge in [-0.25, -0.2) is 23.1 Å². The molecule has 0 unspecified atom stereocenters. The lowest BCUT2D eigenvalue weighted by Crippen LogP contribution is -2.45. The van der Waals surface area contributed by atoms with Gasteiger partial charge in [-0.3, -0.25) is 4.79 Å². The maximum absolute atomic E-state index is 12.6. The van der Waals surface area contributed by atoms with Gasteiger partial charge in [-0.15, -0.1) is 0 Å². The van der Waals surface area contributed by atoms with Crippen LogP contribution in [-0.2, 0) is 19.6 Å². The molecule has 0 bridgehead atoms. The summed E-state index contributed by atoms with van der Waals surface area (Å²) in [6, 6.07) is -0.0983. The maximum atomic E-state index is 12.6. The van der Waals surface area contributed by atoms with E-state index < -0.39 is 15.3 Å². The number of nitrogens with zero attached hydrogens (tertiary/aromatic N) is 3. The first-order valence-corrected chi connectivity index (χ1v) is 12.2. The van der Waals surface area contributed by atoms with Crippen LogP contribution in [0.3, 0.4) is 0 Å². The second-order valence-corrected chi connectivity index (χ2v) is 10.9. The molecule has 0 spiro atoms. The van der Waals surface area contributed by atoms with Gasteiger partial charge in [0, 0.05) is 25.0 Å². The van der Waals surface area contributed by atoms with Crippen LogP contribution in [0.15, 0.2) is 12.4 Å². The van der Waals surface area contributed by atoms with Crippen molar-refractivity contribution >= 4 is 27.6 Å². The summed E-state index contributed by atoms with van der Waals surface area (Å²) in [4.78, 5) is 23.5. The van der Waals surface area contributed by atoms with Crippen molar-refractivity contribution in [2.75, 3.05) is 23.3 Å². The van der Waals surface area contributed by atoms with E-state index in [2.05, 4.69) is 24.9 Å². The molecule has 0 aromatic carbocycles. The number of anilines is 2. The van der Waals surface area contributed by atoms with Crippen molar-refractivity contribution in [3.05, 3.63) is 12.4 Å². The van der Waals surface area contributed by atoms with Crippen molar-refractivity contribution in [1.29, 1.82) is 0 Å². The molecule has 10 heteroatoms. The van der Waals surface area contributed by atoms with Crippen LogP contribution in [0, 0.1) is 5.92 Å². The van der Waals surface area contributed by atoms with Crippen molar-refractivity contribution in [1.82, 2.24) is 14.7 Å². The van der Waals surface area contributed by atoms with Crippen LogP contribution in [-0.4, -0.2) is 60.9 Å². The van der Waals surface area contributed by atoms with Gasteiger partial charge >= 0.3 is 0 Å². The number of hydrogen-bond acceptors (Lipinski definition) is 7. The smallest absolute Gasteiger partial charge is 0.228 e. The van der Waals surface area contributed by atoms with E-state index >= 15 is 0 Å². The largest absolute Gasteiger partial charge is 0.372 e. The summed E-state index contributed by atoms with van der Waals surface area (Å²) in [6.07, 6.45) is 6.13. The monoisotopic (exact) mass is 439 g/mol. The van der Waals surface area contributed by atoms with Crippen molar-refractivity contribution in [3.63, 3.8) is 0 Å². The molecule has 1 saturated carbocycles. The van der Waals surface area contributed by atoms with Crippen LogP contribution < -0.4 is 14.9 Å². The number of morpholine rings is 1. The second kappa shape index (κ2) is 9.57. The summed E-state index contributed by atoms with van der Waals surface area (Å²) in [7, 11) is -3.29. The molecule has 1 aliphatic heterocycles. The first-order chi connectivity index (χ1) is 14.1. The topological polar surface area (TPSA) is 114 Å². The normalized spacial score (nSPS) is 27.8. The standard InChI is InChI=1S/C20H33N5O4S/c1-13(2)30(27,28)24-17-7-5-16(6-8-17)20(26)23-18-9-22-19(10-21-18)25-11-14(3)29-15(4)12-25/h9-10,13-17,24H,5-8,11-12H2,1-4H3,(H,21,23,26)/t14-,15+,16?,17?. The lowest BCUT2D eigenvalue weighted by molar-refractivity contribution is -0.120. The van der Waals surface area contributed by atoms with E-state index in [9.17, 15) is 13.2 Å². The molecule has 2 N–H and O–H groups in total. The molecule has 2 heterocycles. The quantitative estimate of drug-likeness (QED) is 0.696. The minimum Gasteiger partial charge on any atom is -0.372 e. The summed E-state index contributed by atoms with van der Waals surface area (Å²) in [5.41, 5.74) is 0. The Hall–Kier alpha value is -1.78. The number of carbonyl (C=O) groups excluding carboxylic acids is 1. The summed E-state index contributed by atoms with van der Waals surface area (Å²) < 4.78 is 32.5. The van der Waals surface area contributed by atoms with Crippen molar-refractivity contribution in [2.45, 2.75) is 76.9 Å². The molecule has 2 atom stereocenters. The molecule has 1 aromatic rings. The molecule has 2 aliphatic rings. The van der Waals surface area contributed by atoms with Crippen molar-refractivity contribution in [3.8, 4) is 0 Å². The van der Waals surface area contributed by atoms with Gasteiger partial charge in [-0.05, 0) is 53.4 Å². The number of amides is 1. The first kappa shape index (κ1) is 22.9. The zero-order valence-corrected chi connectivity index (χ0v) is 19.0. The summed E-state index contributed by atoms with van der Waals surface area (Å²) in [6.45, 7) is 8.91. The predicted molar refractivity (Wildman–Crippen MR) is 116 cm³/mol. The number of aromatic nitrogens is 2. The fourth-order valence-electron chi connectivity index (χ4n) is 3.98. The fraction of sp³-hybridized carbons (Fsp3) is 0.750. The van der Waals surface area contributed by atoms with Crippen LogP contribution in [0.4, 0.5) is 11.6 Å². The molecule has 30 heavy (non-hydrogen) atoms. The van der Waals surface area contributed by atoms with Gasteiger partial charge in [0.05, 0.1) is 29.9 Å². The van der Waals surface area contributed by atoms with E-state index in [1.165, 1.54) is 0 Å². The molecule has 3 rings (SSSR count). The molecule has 1 amide bonds. The molecule has 1 saturated heterocycles. The Morgan fingerprint density at radius 3 is 2.27 bits per heavy atom. The first-order valence-electron chi connectivity index (χ1n) is 10.7. The van der Waals surface area contributed by atoms with E-state index in [1.54, 1.807) is 26.2 Å². The van der Waals surface area contributed by atoms with E-state index in [4.69, 9.17) is 4.74 Å². The lowest BCUT2D eigenvalue weighted by Gasteiger charge is -2.35. The number of carbonyl (C=O) groups is 1. The zero-order valence-electron chi connectivity index (χ0n) is 18.2.